The van der Waals surface area contributed by atoms with Gasteiger partial charge < -0.3 is 10.0 Å². The first kappa shape index (κ1) is 15.6. The van der Waals surface area contributed by atoms with Crippen LogP contribution < -0.4 is 0 Å². The minimum atomic E-state index is -1.03. The number of halogens is 1. The number of amides is 1. The highest BCUT2D eigenvalue weighted by Crippen LogP contribution is 2.25. The Bertz CT molecular complexity index is 583. The van der Waals surface area contributed by atoms with Crippen molar-refractivity contribution in [2.45, 2.75) is 32.2 Å². The second kappa shape index (κ2) is 6.76. The van der Waals surface area contributed by atoms with Crippen LogP contribution >= 0.6 is 11.6 Å². The topological polar surface area (TPSA) is 57.6 Å². The van der Waals surface area contributed by atoms with Crippen LogP contribution in [-0.2, 0) is 4.79 Å². The van der Waals surface area contributed by atoms with Crippen LogP contribution in [0, 0.1) is 0 Å². The lowest BCUT2D eigenvalue weighted by atomic mass is 10.1. The van der Waals surface area contributed by atoms with E-state index in [2.05, 4.69) is 6.92 Å². The number of carbonyl (C=O) groups is 2. The minimum absolute atomic E-state index is 0.00462. The fraction of sp³-hybridized carbons (Fsp3) is 0.375. The summed E-state index contributed by atoms with van der Waals surface area (Å²) >= 11 is 6.12. The zero-order chi connectivity index (χ0) is 15.4. The van der Waals surface area contributed by atoms with Crippen molar-refractivity contribution in [2.75, 3.05) is 6.54 Å². The molecular formula is C16H18ClNO3. The van der Waals surface area contributed by atoms with E-state index in [1.165, 1.54) is 6.08 Å². The van der Waals surface area contributed by atoms with E-state index in [1.54, 1.807) is 18.2 Å². The maximum atomic E-state index is 12.5. The molecule has 0 aromatic heterocycles. The second-order valence-corrected chi connectivity index (χ2v) is 5.52. The normalized spacial score (nSPS) is 18.4. The predicted molar refractivity (Wildman–Crippen MR) is 82.5 cm³/mol. The molecular weight excluding hydrogens is 290 g/mol. The van der Waals surface area contributed by atoms with Crippen molar-refractivity contribution in [3.8, 4) is 0 Å². The van der Waals surface area contributed by atoms with Gasteiger partial charge in [0, 0.05) is 29.2 Å². The van der Waals surface area contributed by atoms with Gasteiger partial charge in [-0.2, -0.15) is 0 Å². The standard InChI is InChI=1S/C16H18ClNO3/c1-2-13-4-3-9-18(13)16(21)12-6-5-11(14(17)10-12)7-8-15(19)20/h5-8,10,13H,2-4,9H2,1H3,(H,19,20)/b8-7+. The molecule has 1 amide bonds. The quantitative estimate of drug-likeness (QED) is 0.867. The molecule has 0 radical (unpaired) electrons. The average Bonchev–Trinajstić information content (AvgIpc) is 2.93. The van der Waals surface area contributed by atoms with Gasteiger partial charge in [0.05, 0.1) is 0 Å². The van der Waals surface area contributed by atoms with Gasteiger partial charge in [0.15, 0.2) is 0 Å². The van der Waals surface area contributed by atoms with Gasteiger partial charge in [-0.15, -0.1) is 0 Å². The molecule has 1 saturated heterocycles. The van der Waals surface area contributed by atoms with Crippen molar-refractivity contribution in [1.82, 2.24) is 4.90 Å². The highest BCUT2D eigenvalue weighted by atomic mass is 35.5. The molecule has 1 aromatic rings. The number of aliphatic carboxylic acids is 1. The van der Waals surface area contributed by atoms with Gasteiger partial charge in [-0.1, -0.05) is 24.6 Å². The van der Waals surface area contributed by atoms with Crippen molar-refractivity contribution in [2.24, 2.45) is 0 Å². The molecule has 0 aliphatic carbocycles. The maximum Gasteiger partial charge on any atom is 0.328 e. The molecule has 1 aromatic carbocycles. The lowest BCUT2D eigenvalue weighted by Crippen LogP contribution is -2.35. The van der Waals surface area contributed by atoms with Gasteiger partial charge in [-0.3, -0.25) is 4.79 Å². The van der Waals surface area contributed by atoms with E-state index in [9.17, 15) is 9.59 Å². The summed E-state index contributed by atoms with van der Waals surface area (Å²) in [5.41, 5.74) is 1.14. The van der Waals surface area contributed by atoms with Crippen LogP contribution in [-0.4, -0.2) is 34.5 Å². The molecule has 112 valence electrons. The molecule has 5 heteroatoms. The Labute approximate surface area is 129 Å². The van der Waals surface area contributed by atoms with Crippen LogP contribution in [0.4, 0.5) is 0 Å². The fourth-order valence-corrected chi connectivity index (χ4v) is 2.89. The van der Waals surface area contributed by atoms with E-state index < -0.39 is 5.97 Å². The van der Waals surface area contributed by atoms with Crippen molar-refractivity contribution in [1.29, 1.82) is 0 Å². The van der Waals surface area contributed by atoms with Crippen LogP contribution in [0.1, 0.15) is 42.1 Å². The number of carboxylic acids is 1. The smallest absolute Gasteiger partial charge is 0.328 e. The largest absolute Gasteiger partial charge is 0.478 e. The second-order valence-electron chi connectivity index (χ2n) is 5.11. The summed E-state index contributed by atoms with van der Waals surface area (Å²) in [5.74, 6) is -1.04. The molecule has 4 nitrogen and oxygen atoms in total. The Kier molecular flexibility index (Phi) is 5.02. The molecule has 1 N–H and O–H groups in total. The molecule has 0 bridgehead atoms. The molecule has 21 heavy (non-hydrogen) atoms. The van der Waals surface area contributed by atoms with E-state index >= 15 is 0 Å². The van der Waals surface area contributed by atoms with Crippen molar-refractivity contribution < 1.29 is 14.7 Å². The highest BCUT2D eigenvalue weighted by Gasteiger charge is 2.28. The van der Waals surface area contributed by atoms with Gasteiger partial charge in [0.2, 0.25) is 0 Å². The number of hydrogen-bond acceptors (Lipinski definition) is 2. The summed E-state index contributed by atoms with van der Waals surface area (Å²) in [6.07, 6.45) is 5.49. The summed E-state index contributed by atoms with van der Waals surface area (Å²) in [5, 5.41) is 9.00. The van der Waals surface area contributed by atoms with Crippen LogP contribution in [0.3, 0.4) is 0 Å². The van der Waals surface area contributed by atoms with E-state index in [0.29, 0.717) is 22.2 Å². The predicted octanol–water partition coefficient (Wildman–Crippen LogP) is 3.45. The van der Waals surface area contributed by atoms with Gasteiger partial charge in [-0.05, 0) is 43.0 Å². The van der Waals surface area contributed by atoms with E-state index in [0.717, 1.165) is 31.9 Å². The van der Waals surface area contributed by atoms with Crippen molar-refractivity contribution >= 4 is 29.6 Å². The number of rotatable bonds is 4. The molecule has 1 fully saturated rings. The molecule has 1 atom stereocenters. The highest BCUT2D eigenvalue weighted by molar-refractivity contribution is 6.32. The Morgan fingerprint density at radius 3 is 2.86 bits per heavy atom. The molecule has 2 rings (SSSR count). The van der Waals surface area contributed by atoms with E-state index in [4.69, 9.17) is 16.7 Å². The van der Waals surface area contributed by atoms with Crippen LogP contribution in [0.15, 0.2) is 24.3 Å². The van der Waals surface area contributed by atoms with Crippen LogP contribution in [0.2, 0.25) is 5.02 Å². The Morgan fingerprint density at radius 2 is 2.24 bits per heavy atom. The molecule has 1 aliphatic heterocycles. The number of nitrogens with zero attached hydrogens (tertiary/aromatic N) is 1. The first-order chi connectivity index (χ1) is 10.0. The third-order valence-corrected chi connectivity index (χ3v) is 4.09. The number of benzene rings is 1. The van der Waals surface area contributed by atoms with Crippen LogP contribution in [0.25, 0.3) is 6.08 Å². The molecule has 1 unspecified atom stereocenters. The lowest BCUT2D eigenvalue weighted by molar-refractivity contribution is -0.131. The average molecular weight is 308 g/mol. The maximum absolute atomic E-state index is 12.5. The first-order valence-corrected chi connectivity index (χ1v) is 7.42. The monoisotopic (exact) mass is 307 g/mol. The third-order valence-electron chi connectivity index (χ3n) is 3.76. The summed E-state index contributed by atoms with van der Waals surface area (Å²) in [6.45, 7) is 2.87. The molecule has 0 saturated carbocycles. The number of carbonyl (C=O) groups excluding carboxylic acids is 1. The molecule has 1 heterocycles. The first-order valence-electron chi connectivity index (χ1n) is 7.04. The minimum Gasteiger partial charge on any atom is -0.478 e. The van der Waals surface area contributed by atoms with Crippen molar-refractivity contribution in [3.63, 3.8) is 0 Å². The van der Waals surface area contributed by atoms with Gasteiger partial charge >= 0.3 is 5.97 Å². The van der Waals surface area contributed by atoms with Gasteiger partial charge in [0.25, 0.3) is 5.91 Å². The number of carboxylic acid groups (broad SMARTS) is 1. The summed E-state index contributed by atoms with van der Waals surface area (Å²) < 4.78 is 0. The van der Waals surface area contributed by atoms with Gasteiger partial charge in [0.1, 0.15) is 0 Å². The summed E-state index contributed by atoms with van der Waals surface area (Å²) in [6, 6.07) is 5.28. The zero-order valence-electron chi connectivity index (χ0n) is 11.9. The van der Waals surface area contributed by atoms with Crippen molar-refractivity contribution in [3.05, 3.63) is 40.4 Å². The zero-order valence-corrected chi connectivity index (χ0v) is 12.6. The SMILES string of the molecule is CCC1CCCN1C(=O)c1ccc(/C=C/C(=O)O)c(Cl)c1. The van der Waals surface area contributed by atoms with Crippen LogP contribution in [0.5, 0.6) is 0 Å². The van der Waals surface area contributed by atoms with E-state index in [-0.39, 0.29) is 5.91 Å². The summed E-state index contributed by atoms with van der Waals surface area (Å²) in [4.78, 5) is 24.9. The Balaban J connectivity index is 2.19. The summed E-state index contributed by atoms with van der Waals surface area (Å²) in [7, 11) is 0. The molecule has 0 spiro atoms. The third kappa shape index (κ3) is 3.64. The number of hydrogen-bond donors (Lipinski definition) is 1. The molecule has 1 aliphatic rings. The fourth-order valence-electron chi connectivity index (χ4n) is 2.65. The number of likely N-dealkylation sites (tertiary alicyclic amines) is 1. The Morgan fingerprint density at radius 1 is 1.48 bits per heavy atom. The van der Waals surface area contributed by atoms with E-state index in [1.807, 2.05) is 4.90 Å². The van der Waals surface area contributed by atoms with Gasteiger partial charge in [-0.25, -0.2) is 4.79 Å². The lowest BCUT2D eigenvalue weighted by Gasteiger charge is -2.23. The Hall–Kier alpha value is -1.81.